The van der Waals surface area contributed by atoms with Crippen LogP contribution in [0.25, 0.3) is 5.57 Å². The highest BCUT2D eigenvalue weighted by Gasteiger charge is 2.22. The smallest absolute Gasteiger partial charge is 0.129 e. The van der Waals surface area contributed by atoms with Gasteiger partial charge in [-0.2, -0.15) is 0 Å². The third kappa shape index (κ3) is 3.08. The molecule has 4 heteroatoms. The highest BCUT2D eigenvalue weighted by Crippen LogP contribution is 2.40. The first-order valence-corrected chi connectivity index (χ1v) is 7.47. The summed E-state index contributed by atoms with van der Waals surface area (Å²) in [5.41, 5.74) is 3.84. The van der Waals surface area contributed by atoms with Crippen molar-refractivity contribution in [1.82, 2.24) is 0 Å². The van der Waals surface area contributed by atoms with Crippen LogP contribution < -0.4 is 9.47 Å². The fourth-order valence-electron chi connectivity index (χ4n) is 2.83. The summed E-state index contributed by atoms with van der Waals surface area (Å²) in [5, 5.41) is 0. The second kappa shape index (κ2) is 6.42. The highest BCUT2D eigenvalue weighted by atomic mass is 19.1. The van der Waals surface area contributed by atoms with Gasteiger partial charge in [-0.1, -0.05) is 6.07 Å². The maximum atomic E-state index is 13.5. The molecule has 0 aromatic heterocycles. The zero-order valence-electron chi connectivity index (χ0n) is 13.4. The van der Waals surface area contributed by atoms with Crippen molar-refractivity contribution < 1.29 is 18.6 Å². The molecule has 1 unspecified atom stereocenters. The SMILES string of the molecule is COCc1ccc2c(c1)C(c1ccc(F)cc1OC)=CC(C)O2. The molecular weight excluding hydrogens is 295 g/mol. The summed E-state index contributed by atoms with van der Waals surface area (Å²) in [5.74, 6) is 0.995. The fraction of sp³-hybridized carbons (Fsp3) is 0.263. The summed E-state index contributed by atoms with van der Waals surface area (Å²) < 4.78 is 29.9. The molecule has 23 heavy (non-hydrogen) atoms. The Balaban J connectivity index is 2.14. The molecule has 1 atom stereocenters. The summed E-state index contributed by atoms with van der Waals surface area (Å²) in [6.45, 7) is 2.50. The Labute approximate surface area is 135 Å². The van der Waals surface area contributed by atoms with Crippen molar-refractivity contribution >= 4 is 5.57 Å². The minimum absolute atomic E-state index is 0.0689. The molecule has 2 aromatic carbocycles. The van der Waals surface area contributed by atoms with Crippen LogP contribution >= 0.6 is 0 Å². The maximum Gasteiger partial charge on any atom is 0.129 e. The minimum Gasteiger partial charge on any atom is -0.496 e. The Bertz CT molecular complexity index is 752. The van der Waals surface area contributed by atoms with Crippen LogP contribution in [-0.4, -0.2) is 20.3 Å². The molecule has 0 aliphatic carbocycles. The van der Waals surface area contributed by atoms with Crippen molar-refractivity contribution in [2.24, 2.45) is 0 Å². The van der Waals surface area contributed by atoms with Gasteiger partial charge >= 0.3 is 0 Å². The zero-order valence-corrected chi connectivity index (χ0v) is 13.4. The number of methoxy groups -OCH3 is 2. The molecule has 120 valence electrons. The van der Waals surface area contributed by atoms with Crippen LogP contribution in [0.5, 0.6) is 11.5 Å². The van der Waals surface area contributed by atoms with E-state index in [2.05, 4.69) is 0 Å². The first-order valence-electron chi connectivity index (χ1n) is 7.47. The third-order valence-corrected chi connectivity index (χ3v) is 3.81. The molecule has 0 saturated heterocycles. The van der Waals surface area contributed by atoms with E-state index in [1.807, 2.05) is 31.2 Å². The van der Waals surface area contributed by atoms with Crippen molar-refractivity contribution in [1.29, 1.82) is 0 Å². The van der Waals surface area contributed by atoms with Crippen molar-refractivity contribution in [2.75, 3.05) is 14.2 Å². The fourth-order valence-corrected chi connectivity index (χ4v) is 2.83. The minimum atomic E-state index is -0.320. The first-order chi connectivity index (χ1) is 11.1. The number of halogens is 1. The highest BCUT2D eigenvalue weighted by molar-refractivity contribution is 5.86. The number of fused-ring (bicyclic) bond motifs is 1. The quantitative estimate of drug-likeness (QED) is 0.847. The molecule has 0 saturated carbocycles. The molecule has 0 bridgehead atoms. The van der Waals surface area contributed by atoms with E-state index in [1.54, 1.807) is 20.3 Å². The summed E-state index contributed by atoms with van der Waals surface area (Å²) in [6, 6.07) is 10.6. The standard InChI is InChI=1S/C19H19FO3/c1-12-8-16(15-6-5-14(20)10-19(15)22-3)17-9-13(11-21-2)4-7-18(17)23-12/h4-10,12H,11H2,1-3H3. The molecule has 3 nitrogen and oxygen atoms in total. The van der Waals surface area contributed by atoms with E-state index in [0.717, 1.165) is 28.0 Å². The van der Waals surface area contributed by atoms with Gasteiger partial charge in [0.05, 0.1) is 13.7 Å². The predicted octanol–water partition coefficient (Wildman–Crippen LogP) is 4.19. The molecule has 0 fully saturated rings. The Morgan fingerprint density at radius 2 is 1.91 bits per heavy atom. The van der Waals surface area contributed by atoms with Gasteiger partial charge in [-0.3, -0.25) is 0 Å². The molecule has 1 aliphatic rings. The molecule has 1 heterocycles. The average molecular weight is 314 g/mol. The van der Waals surface area contributed by atoms with E-state index in [9.17, 15) is 4.39 Å². The van der Waals surface area contributed by atoms with Gasteiger partial charge in [0, 0.05) is 24.3 Å². The van der Waals surface area contributed by atoms with Crippen LogP contribution in [0, 0.1) is 5.82 Å². The van der Waals surface area contributed by atoms with Crippen LogP contribution in [0.1, 0.15) is 23.6 Å². The van der Waals surface area contributed by atoms with E-state index >= 15 is 0 Å². The Kier molecular flexibility index (Phi) is 4.35. The second-order valence-corrected chi connectivity index (χ2v) is 5.51. The summed E-state index contributed by atoms with van der Waals surface area (Å²) in [4.78, 5) is 0. The van der Waals surface area contributed by atoms with Gasteiger partial charge in [-0.25, -0.2) is 4.39 Å². The van der Waals surface area contributed by atoms with Crippen LogP contribution in [-0.2, 0) is 11.3 Å². The van der Waals surface area contributed by atoms with Gasteiger partial charge in [0.25, 0.3) is 0 Å². The Morgan fingerprint density at radius 1 is 1.09 bits per heavy atom. The van der Waals surface area contributed by atoms with E-state index in [0.29, 0.717) is 12.4 Å². The van der Waals surface area contributed by atoms with Gasteiger partial charge in [-0.05, 0) is 48.4 Å². The first kappa shape index (κ1) is 15.6. The van der Waals surface area contributed by atoms with Crippen LogP contribution in [0.15, 0.2) is 42.5 Å². The molecule has 0 amide bonds. The van der Waals surface area contributed by atoms with E-state index in [4.69, 9.17) is 14.2 Å². The molecule has 0 N–H and O–H groups in total. The number of benzene rings is 2. The zero-order chi connectivity index (χ0) is 16.4. The summed E-state index contributed by atoms with van der Waals surface area (Å²) in [6.07, 6.45) is 1.95. The second-order valence-electron chi connectivity index (χ2n) is 5.51. The lowest BCUT2D eigenvalue weighted by molar-refractivity contribution is 0.184. The van der Waals surface area contributed by atoms with Crippen LogP contribution in [0.4, 0.5) is 4.39 Å². The van der Waals surface area contributed by atoms with Gasteiger partial charge in [0.15, 0.2) is 0 Å². The van der Waals surface area contributed by atoms with E-state index < -0.39 is 0 Å². The molecule has 0 radical (unpaired) electrons. The number of hydrogen-bond donors (Lipinski definition) is 0. The molecule has 2 aromatic rings. The summed E-state index contributed by atoms with van der Waals surface area (Å²) >= 11 is 0. The number of hydrogen-bond acceptors (Lipinski definition) is 3. The van der Waals surface area contributed by atoms with Crippen LogP contribution in [0.3, 0.4) is 0 Å². The van der Waals surface area contributed by atoms with Crippen molar-refractivity contribution in [3.8, 4) is 11.5 Å². The van der Waals surface area contributed by atoms with Crippen molar-refractivity contribution in [3.05, 3.63) is 65.0 Å². The number of ether oxygens (including phenoxy) is 3. The van der Waals surface area contributed by atoms with Crippen LogP contribution in [0.2, 0.25) is 0 Å². The molecule has 1 aliphatic heterocycles. The van der Waals surface area contributed by atoms with E-state index in [-0.39, 0.29) is 11.9 Å². The lowest BCUT2D eigenvalue weighted by atomic mass is 9.92. The average Bonchev–Trinajstić information content (AvgIpc) is 2.54. The lowest BCUT2D eigenvalue weighted by Gasteiger charge is -2.25. The summed E-state index contributed by atoms with van der Waals surface area (Å²) in [7, 11) is 3.21. The predicted molar refractivity (Wildman–Crippen MR) is 87.3 cm³/mol. The third-order valence-electron chi connectivity index (χ3n) is 3.81. The largest absolute Gasteiger partial charge is 0.496 e. The number of rotatable bonds is 4. The maximum absolute atomic E-state index is 13.5. The van der Waals surface area contributed by atoms with Gasteiger partial charge in [0.1, 0.15) is 23.4 Å². The van der Waals surface area contributed by atoms with E-state index in [1.165, 1.54) is 12.1 Å². The molecular formula is C19H19FO3. The van der Waals surface area contributed by atoms with Crippen molar-refractivity contribution in [3.63, 3.8) is 0 Å². The lowest BCUT2D eigenvalue weighted by Crippen LogP contribution is -2.16. The monoisotopic (exact) mass is 314 g/mol. The topological polar surface area (TPSA) is 27.7 Å². The molecule has 3 rings (SSSR count). The molecule has 0 spiro atoms. The Hall–Kier alpha value is -2.33. The van der Waals surface area contributed by atoms with Gasteiger partial charge in [0.2, 0.25) is 0 Å². The van der Waals surface area contributed by atoms with Gasteiger partial charge in [-0.15, -0.1) is 0 Å². The normalized spacial score (nSPS) is 16.3. The van der Waals surface area contributed by atoms with Crippen molar-refractivity contribution in [2.45, 2.75) is 19.6 Å². The van der Waals surface area contributed by atoms with Gasteiger partial charge < -0.3 is 14.2 Å². The Morgan fingerprint density at radius 3 is 2.65 bits per heavy atom.